The summed E-state index contributed by atoms with van der Waals surface area (Å²) in [5, 5.41) is 7.66. The molecule has 6 heteroatoms. The third kappa shape index (κ3) is 3.09. The lowest BCUT2D eigenvalue weighted by Gasteiger charge is -2.36. The van der Waals surface area contributed by atoms with Crippen molar-refractivity contribution >= 4 is 29.2 Å². The highest BCUT2D eigenvalue weighted by Crippen LogP contribution is 2.35. The van der Waals surface area contributed by atoms with E-state index < -0.39 is 5.79 Å². The number of pyridine rings is 1. The topological polar surface area (TPSA) is 58.5 Å². The molecule has 0 bridgehead atoms. The monoisotopic (exact) mass is 364 g/mol. The minimum absolute atomic E-state index is 0.684. The van der Waals surface area contributed by atoms with Crippen molar-refractivity contribution in [1.29, 1.82) is 0 Å². The molecular weight excluding hydrogens is 348 g/mol. The van der Waals surface area contributed by atoms with Crippen molar-refractivity contribution in [2.45, 2.75) is 5.79 Å². The predicted octanol–water partition coefficient (Wildman–Crippen LogP) is 4.51. The Morgan fingerprint density at radius 1 is 1.12 bits per heavy atom. The molecule has 1 atom stereocenters. The van der Waals surface area contributed by atoms with Crippen LogP contribution in [0.5, 0.6) is 5.75 Å². The highest BCUT2D eigenvalue weighted by atomic mass is 35.5. The molecule has 0 radical (unpaired) electrons. The van der Waals surface area contributed by atoms with Gasteiger partial charge in [0.05, 0.1) is 7.11 Å². The minimum Gasteiger partial charge on any atom is -0.497 e. The minimum atomic E-state index is -0.871. The van der Waals surface area contributed by atoms with Gasteiger partial charge in [-0.2, -0.15) is 0 Å². The summed E-state index contributed by atoms with van der Waals surface area (Å²) >= 11 is 6.01. The van der Waals surface area contributed by atoms with Crippen LogP contribution < -0.4 is 15.4 Å². The zero-order chi connectivity index (χ0) is 18.0. The zero-order valence-corrected chi connectivity index (χ0v) is 14.9. The normalized spacial score (nSPS) is 17.9. The first kappa shape index (κ1) is 16.4. The highest BCUT2D eigenvalue weighted by molar-refractivity contribution is 6.30. The SMILES string of the molecule is COc1ccc2c(c1)C=NC(Nc1ccc(Cl)cc1)(c1cccnc1)N2. The van der Waals surface area contributed by atoms with Crippen LogP contribution in [0.3, 0.4) is 0 Å². The van der Waals surface area contributed by atoms with E-state index in [9.17, 15) is 0 Å². The second-order valence-electron chi connectivity index (χ2n) is 5.92. The van der Waals surface area contributed by atoms with Gasteiger partial charge in [0.15, 0.2) is 0 Å². The molecule has 0 spiro atoms. The standard InChI is InChI=1S/C20H17ClN4O/c1-26-18-8-9-19-14(11-18)12-23-20(25-19,15-3-2-10-22-13-15)24-17-6-4-16(21)5-7-17/h2-13,24-25H,1H3. The van der Waals surface area contributed by atoms with Gasteiger partial charge in [-0.15, -0.1) is 0 Å². The summed E-state index contributed by atoms with van der Waals surface area (Å²) in [5.74, 6) is -0.0829. The molecule has 1 aliphatic heterocycles. The highest BCUT2D eigenvalue weighted by Gasteiger charge is 2.34. The summed E-state index contributed by atoms with van der Waals surface area (Å²) in [6.45, 7) is 0. The van der Waals surface area contributed by atoms with Crippen LogP contribution in [0.25, 0.3) is 0 Å². The number of nitrogens with zero attached hydrogens (tertiary/aromatic N) is 2. The number of halogens is 1. The van der Waals surface area contributed by atoms with Crippen LogP contribution in [-0.2, 0) is 5.79 Å². The fraction of sp³-hybridized carbons (Fsp3) is 0.100. The van der Waals surface area contributed by atoms with Gasteiger partial charge < -0.3 is 15.4 Å². The van der Waals surface area contributed by atoms with Gasteiger partial charge in [-0.05, 0) is 54.6 Å². The van der Waals surface area contributed by atoms with E-state index in [1.165, 1.54) is 0 Å². The number of nitrogens with one attached hydrogen (secondary N) is 2. The molecule has 2 N–H and O–H groups in total. The molecule has 0 saturated carbocycles. The maximum Gasteiger partial charge on any atom is 0.234 e. The van der Waals surface area contributed by atoms with Crippen LogP contribution in [0.1, 0.15) is 11.1 Å². The average Bonchev–Trinajstić information content (AvgIpc) is 2.70. The van der Waals surface area contributed by atoms with E-state index in [-0.39, 0.29) is 0 Å². The Labute approximate surface area is 156 Å². The van der Waals surface area contributed by atoms with Gasteiger partial charge in [0.25, 0.3) is 0 Å². The number of anilines is 2. The van der Waals surface area contributed by atoms with Crippen molar-refractivity contribution in [2.24, 2.45) is 4.99 Å². The second kappa shape index (κ2) is 6.69. The van der Waals surface area contributed by atoms with E-state index in [1.54, 1.807) is 19.5 Å². The molecule has 1 unspecified atom stereocenters. The number of hydrogen-bond acceptors (Lipinski definition) is 5. The smallest absolute Gasteiger partial charge is 0.234 e. The molecule has 0 fully saturated rings. The molecule has 2 aromatic carbocycles. The quantitative estimate of drug-likeness (QED) is 0.715. The number of hydrogen-bond donors (Lipinski definition) is 2. The summed E-state index contributed by atoms with van der Waals surface area (Å²) in [5.41, 5.74) is 3.69. The van der Waals surface area contributed by atoms with Crippen molar-refractivity contribution in [3.63, 3.8) is 0 Å². The molecule has 130 valence electrons. The Hall–Kier alpha value is -3.05. The largest absolute Gasteiger partial charge is 0.497 e. The second-order valence-corrected chi connectivity index (χ2v) is 6.36. The molecule has 4 rings (SSSR count). The molecule has 5 nitrogen and oxygen atoms in total. The summed E-state index contributed by atoms with van der Waals surface area (Å²) in [4.78, 5) is 9.04. The van der Waals surface area contributed by atoms with Crippen molar-refractivity contribution in [3.05, 3.63) is 83.1 Å². The number of fused-ring (bicyclic) bond motifs is 1. The van der Waals surface area contributed by atoms with E-state index in [0.717, 1.165) is 28.3 Å². The number of ether oxygens (including phenoxy) is 1. The third-order valence-corrected chi connectivity index (χ3v) is 4.47. The van der Waals surface area contributed by atoms with Crippen LogP contribution >= 0.6 is 11.6 Å². The Morgan fingerprint density at radius 2 is 1.96 bits per heavy atom. The van der Waals surface area contributed by atoms with Crippen molar-refractivity contribution in [3.8, 4) is 5.75 Å². The first-order valence-electron chi connectivity index (χ1n) is 8.14. The van der Waals surface area contributed by atoms with Crippen LogP contribution in [0.15, 0.2) is 72.0 Å². The maximum absolute atomic E-state index is 6.01. The number of aliphatic imine (C=N–C) groups is 1. The summed E-state index contributed by atoms with van der Waals surface area (Å²) in [6.07, 6.45) is 5.37. The molecule has 0 amide bonds. The van der Waals surface area contributed by atoms with Crippen molar-refractivity contribution < 1.29 is 4.74 Å². The fourth-order valence-corrected chi connectivity index (χ4v) is 3.01. The number of benzene rings is 2. The molecule has 1 aliphatic rings. The average molecular weight is 365 g/mol. The van der Waals surface area contributed by atoms with Crippen molar-refractivity contribution in [1.82, 2.24) is 4.98 Å². The molecule has 0 aliphatic carbocycles. The lowest BCUT2D eigenvalue weighted by molar-refractivity contribution is 0.414. The van der Waals surface area contributed by atoms with E-state index in [4.69, 9.17) is 21.3 Å². The van der Waals surface area contributed by atoms with Crippen LogP contribution in [-0.4, -0.2) is 18.3 Å². The molecule has 2 heterocycles. The predicted molar refractivity (Wildman–Crippen MR) is 105 cm³/mol. The van der Waals surface area contributed by atoms with E-state index in [1.807, 2.05) is 60.8 Å². The zero-order valence-electron chi connectivity index (χ0n) is 14.1. The summed E-state index contributed by atoms with van der Waals surface area (Å²) < 4.78 is 5.30. The summed E-state index contributed by atoms with van der Waals surface area (Å²) in [6, 6.07) is 17.2. The van der Waals surface area contributed by atoms with Crippen LogP contribution in [0.4, 0.5) is 11.4 Å². The van der Waals surface area contributed by atoms with Crippen molar-refractivity contribution in [2.75, 3.05) is 17.7 Å². The Balaban J connectivity index is 1.77. The van der Waals surface area contributed by atoms with Gasteiger partial charge in [-0.3, -0.25) is 4.98 Å². The lowest BCUT2D eigenvalue weighted by atomic mass is 10.0. The molecule has 3 aromatic rings. The summed E-state index contributed by atoms with van der Waals surface area (Å²) in [7, 11) is 1.65. The number of rotatable bonds is 4. The molecular formula is C20H17ClN4O. The third-order valence-electron chi connectivity index (χ3n) is 4.22. The fourth-order valence-electron chi connectivity index (χ4n) is 2.88. The molecule has 1 aromatic heterocycles. The Bertz CT molecular complexity index is 944. The Morgan fingerprint density at radius 3 is 2.69 bits per heavy atom. The van der Waals surface area contributed by atoms with Gasteiger partial charge in [0.1, 0.15) is 5.75 Å². The molecule has 0 saturated heterocycles. The van der Waals surface area contributed by atoms with E-state index in [0.29, 0.717) is 5.02 Å². The van der Waals surface area contributed by atoms with Gasteiger partial charge in [0.2, 0.25) is 5.79 Å². The number of methoxy groups -OCH3 is 1. The molecule has 26 heavy (non-hydrogen) atoms. The van der Waals surface area contributed by atoms with Gasteiger partial charge >= 0.3 is 0 Å². The van der Waals surface area contributed by atoms with Gasteiger partial charge in [0, 0.05) is 46.1 Å². The maximum atomic E-state index is 6.01. The lowest BCUT2D eigenvalue weighted by Crippen LogP contribution is -2.43. The first-order chi connectivity index (χ1) is 12.7. The van der Waals surface area contributed by atoms with Crippen LogP contribution in [0, 0.1) is 0 Å². The van der Waals surface area contributed by atoms with E-state index >= 15 is 0 Å². The first-order valence-corrected chi connectivity index (χ1v) is 8.52. The Kier molecular flexibility index (Phi) is 4.22. The van der Waals surface area contributed by atoms with E-state index in [2.05, 4.69) is 15.6 Å². The number of aromatic nitrogens is 1. The van der Waals surface area contributed by atoms with Gasteiger partial charge in [-0.1, -0.05) is 11.6 Å². The van der Waals surface area contributed by atoms with Crippen LogP contribution in [0.2, 0.25) is 5.02 Å². The van der Waals surface area contributed by atoms with Gasteiger partial charge in [-0.25, -0.2) is 4.99 Å².